The Bertz CT molecular complexity index is 536. The molecule has 18 heavy (non-hydrogen) atoms. The first-order valence-electron chi connectivity index (χ1n) is 5.67. The van der Waals surface area contributed by atoms with E-state index >= 15 is 0 Å². The molecular formula is C13H14BrClN2O. The van der Waals surface area contributed by atoms with Gasteiger partial charge < -0.3 is 5.11 Å². The largest absolute Gasteiger partial charge is 0.382 e. The maximum atomic E-state index is 10.4. The Morgan fingerprint density at radius 2 is 1.89 bits per heavy atom. The molecule has 0 aliphatic rings. The number of aliphatic hydroxyl groups is 1. The van der Waals surface area contributed by atoms with Crippen molar-refractivity contribution in [3.63, 3.8) is 0 Å². The summed E-state index contributed by atoms with van der Waals surface area (Å²) in [4.78, 5) is 0. The molecule has 0 aliphatic carbocycles. The van der Waals surface area contributed by atoms with E-state index in [1.54, 1.807) is 18.3 Å². The number of aromatic nitrogens is 2. The maximum Gasteiger partial charge on any atom is 0.122 e. The molecule has 1 N–H and O–H groups in total. The van der Waals surface area contributed by atoms with Crippen molar-refractivity contribution >= 4 is 27.5 Å². The Morgan fingerprint density at radius 1 is 1.28 bits per heavy atom. The molecule has 2 rings (SSSR count). The summed E-state index contributed by atoms with van der Waals surface area (Å²) in [5.41, 5.74) is 1.55. The Kier molecular flexibility index (Phi) is 4.10. The average molecular weight is 330 g/mol. The molecule has 3 nitrogen and oxygen atoms in total. The number of rotatable bonds is 3. The quantitative estimate of drug-likeness (QED) is 0.925. The second-order valence-electron chi connectivity index (χ2n) is 4.37. The first-order valence-corrected chi connectivity index (χ1v) is 6.84. The molecule has 0 fully saturated rings. The molecule has 1 aromatic heterocycles. The maximum absolute atomic E-state index is 10.4. The van der Waals surface area contributed by atoms with Gasteiger partial charge in [0.1, 0.15) is 6.10 Å². The standard InChI is InChI=1S/C13H14BrClN2O/c1-8(2)17-12(11(14)7-16-17)13(18)9-3-5-10(15)6-4-9/h3-8,13,18H,1-2H3. The van der Waals surface area contributed by atoms with Crippen LogP contribution in [0.15, 0.2) is 34.9 Å². The zero-order valence-electron chi connectivity index (χ0n) is 10.1. The van der Waals surface area contributed by atoms with Gasteiger partial charge in [0.2, 0.25) is 0 Å². The highest BCUT2D eigenvalue weighted by Crippen LogP contribution is 2.30. The number of hydrogen-bond acceptors (Lipinski definition) is 2. The number of hydrogen-bond donors (Lipinski definition) is 1. The lowest BCUT2D eigenvalue weighted by atomic mass is 10.1. The molecule has 0 saturated heterocycles. The lowest BCUT2D eigenvalue weighted by Gasteiger charge is -2.17. The van der Waals surface area contributed by atoms with Crippen LogP contribution in [0, 0.1) is 0 Å². The van der Waals surface area contributed by atoms with Gasteiger partial charge in [-0.15, -0.1) is 0 Å². The minimum atomic E-state index is -0.721. The minimum absolute atomic E-state index is 0.188. The van der Waals surface area contributed by atoms with E-state index < -0.39 is 6.10 Å². The predicted octanol–water partition coefficient (Wildman–Crippen LogP) is 3.96. The third-order valence-corrected chi connectivity index (χ3v) is 3.58. The molecule has 0 amide bonds. The van der Waals surface area contributed by atoms with E-state index in [0.29, 0.717) is 5.02 Å². The molecule has 0 aliphatic heterocycles. The second kappa shape index (κ2) is 5.43. The molecule has 1 aromatic carbocycles. The van der Waals surface area contributed by atoms with Crippen LogP contribution in [0.1, 0.15) is 37.3 Å². The average Bonchev–Trinajstić information content (AvgIpc) is 2.71. The summed E-state index contributed by atoms with van der Waals surface area (Å²) in [7, 11) is 0. The summed E-state index contributed by atoms with van der Waals surface area (Å²) in [5.74, 6) is 0. The number of benzene rings is 1. The smallest absolute Gasteiger partial charge is 0.122 e. The highest BCUT2D eigenvalue weighted by Gasteiger charge is 2.20. The van der Waals surface area contributed by atoms with Gasteiger partial charge in [-0.3, -0.25) is 4.68 Å². The third kappa shape index (κ3) is 2.60. The van der Waals surface area contributed by atoms with E-state index in [1.807, 2.05) is 30.7 Å². The molecule has 0 bridgehead atoms. The van der Waals surface area contributed by atoms with E-state index in [2.05, 4.69) is 21.0 Å². The highest BCUT2D eigenvalue weighted by molar-refractivity contribution is 9.10. The van der Waals surface area contributed by atoms with Gasteiger partial charge in [0.05, 0.1) is 16.4 Å². The monoisotopic (exact) mass is 328 g/mol. The van der Waals surface area contributed by atoms with Crippen molar-refractivity contribution < 1.29 is 5.11 Å². The van der Waals surface area contributed by atoms with Crippen LogP contribution in [0.25, 0.3) is 0 Å². The van der Waals surface area contributed by atoms with Crippen LogP contribution in [0.2, 0.25) is 5.02 Å². The number of halogens is 2. The van der Waals surface area contributed by atoms with E-state index in [9.17, 15) is 5.11 Å². The molecule has 1 unspecified atom stereocenters. The fraction of sp³-hybridized carbons (Fsp3) is 0.308. The van der Waals surface area contributed by atoms with Crippen LogP contribution in [-0.4, -0.2) is 14.9 Å². The molecule has 96 valence electrons. The van der Waals surface area contributed by atoms with Crippen molar-refractivity contribution in [3.05, 3.63) is 51.2 Å². The van der Waals surface area contributed by atoms with Gasteiger partial charge in [0, 0.05) is 11.1 Å². The van der Waals surface area contributed by atoms with Gasteiger partial charge in [-0.05, 0) is 47.5 Å². The summed E-state index contributed by atoms with van der Waals surface area (Å²) in [6.07, 6.45) is 0.982. The van der Waals surface area contributed by atoms with Gasteiger partial charge in [-0.2, -0.15) is 5.10 Å². The SMILES string of the molecule is CC(C)n1ncc(Br)c1C(O)c1ccc(Cl)cc1. The van der Waals surface area contributed by atoms with Crippen LogP contribution < -0.4 is 0 Å². The van der Waals surface area contributed by atoms with Gasteiger partial charge >= 0.3 is 0 Å². The molecule has 0 radical (unpaired) electrons. The van der Waals surface area contributed by atoms with Gasteiger partial charge in [0.15, 0.2) is 0 Å². The Balaban J connectivity index is 2.42. The van der Waals surface area contributed by atoms with E-state index in [1.165, 1.54) is 0 Å². The molecule has 5 heteroatoms. The number of nitrogens with zero attached hydrogens (tertiary/aromatic N) is 2. The zero-order valence-corrected chi connectivity index (χ0v) is 12.5. The van der Waals surface area contributed by atoms with Crippen molar-refractivity contribution in [2.75, 3.05) is 0 Å². The summed E-state index contributed by atoms with van der Waals surface area (Å²) < 4.78 is 2.61. The Morgan fingerprint density at radius 3 is 2.44 bits per heavy atom. The summed E-state index contributed by atoms with van der Waals surface area (Å²) in [6, 6.07) is 7.36. The first kappa shape index (κ1) is 13.6. The fourth-order valence-corrected chi connectivity index (χ4v) is 2.44. The molecule has 1 atom stereocenters. The second-order valence-corrected chi connectivity index (χ2v) is 5.66. The third-order valence-electron chi connectivity index (χ3n) is 2.72. The van der Waals surface area contributed by atoms with E-state index in [-0.39, 0.29) is 6.04 Å². The topological polar surface area (TPSA) is 38.0 Å². The van der Waals surface area contributed by atoms with Crippen LogP contribution in [0.3, 0.4) is 0 Å². The minimum Gasteiger partial charge on any atom is -0.382 e. The Hall–Kier alpha value is -0.840. The van der Waals surface area contributed by atoms with Gasteiger partial charge in [-0.25, -0.2) is 0 Å². The van der Waals surface area contributed by atoms with E-state index in [0.717, 1.165) is 15.7 Å². The lowest BCUT2D eigenvalue weighted by Crippen LogP contribution is -2.12. The van der Waals surface area contributed by atoms with Gasteiger partial charge in [-0.1, -0.05) is 23.7 Å². The summed E-state index contributed by atoms with van der Waals surface area (Å²) in [6.45, 7) is 4.05. The zero-order chi connectivity index (χ0) is 13.3. The highest BCUT2D eigenvalue weighted by atomic mass is 79.9. The molecule has 0 saturated carbocycles. The van der Waals surface area contributed by atoms with Crippen molar-refractivity contribution in [2.24, 2.45) is 0 Å². The van der Waals surface area contributed by atoms with E-state index in [4.69, 9.17) is 11.6 Å². The van der Waals surface area contributed by atoms with Crippen LogP contribution in [0.5, 0.6) is 0 Å². The normalized spacial score (nSPS) is 13.0. The fourth-order valence-electron chi connectivity index (χ4n) is 1.82. The van der Waals surface area contributed by atoms with Crippen molar-refractivity contribution in [3.8, 4) is 0 Å². The lowest BCUT2D eigenvalue weighted by molar-refractivity contribution is 0.204. The predicted molar refractivity (Wildman–Crippen MR) is 75.8 cm³/mol. The molecule has 2 aromatic rings. The molecule has 0 spiro atoms. The summed E-state index contributed by atoms with van der Waals surface area (Å²) in [5, 5.41) is 15.4. The Labute approximate surface area is 120 Å². The number of aliphatic hydroxyl groups excluding tert-OH is 1. The van der Waals surface area contributed by atoms with Gasteiger partial charge in [0.25, 0.3) is 0 Å². The van der Waals surface area contributed by atoms with Crippen molar-refractivity contribution in [1.82, 2.24) is 9.78 Å². The molecule has 1 heterocycles. The van der Waals surface area contributed by atoms with Crippen LogP contribution in [0.4, 0.5) is 0 Å². The van der Waals surface area contributed by atoms with Crippen molar-refractivity contribution in [2.45, 2.75) is 26.0 Å². The first-order chi connectivity index (χ1) is 8.50. The van der Waals surface area contributed by atoms with Crippen molar-refractivity contribution in [1.29, 1.82) is 0 Å². The van der Waals surface area contributed by atoms with Crippen LogP contribution in [-0.2, 0) is 0 Å². The van der Waals surface area contributed by atoms with Crippen LogP contribution >= 0.6 is 27.5 Å². The molecular weight excluding hydrogens is 316 g/mol. The summed E-state index contributed by atoms with van der Waals surface area (Å²) >= 11 is 9.27.